The van der Waals surface area contributed by atoms with Crippen molar-refractivity contribution in [2.24, 2.45) is 5.41 Å². The fourth-order valence-electron chi connectivity index (χ4n) is 1.60. The van der Waals surface area contributed by atoms with Gasteiger partial charge in [-0.2, -0.15) is 0 Å². The highest BCUT2D eigenvalue weighted by atomic mass is 16.5. The quantitative estimate of drug-likeness (QED) is 0.932. The summed E-state index contributed by atoms with van der Waals surface area (Å²) in [4.78, 5) is 12.0. The third-order valence-corrected chi connectivity index (χ3v) is 2.88. The first kappa shape index (κ1) is 14.1. The van der Waals surface area contributed by atoms with Gasteiger partial charge in [-0.1, -0.05) is 38.1 Å². The molecule has 0 aliphatic heterocycles. The van der Waals surface area contributed by atoms with Gasteiger partial charge < -0.3 is 9.26 Å². The van der Waals surface area contributed by atoms with E-state index in [2.05, 4.69) is 10.5 Å². The number of hydrogen-bond donors (Lipinski definition) is 1. The van der Waals surface area contributed by atoms with Crippen molar-refractivity contribution in [1.29, 1.82) is 0 Å². The normalized spacial score (nSPS) is 11.2. The SMILES string of the molecule is COc1ccc(-c2cnoc2NC(=O)C(C)(C)C)cc1. The minimum Gasteiger partial charge on any atom is -0.497 e. The molecule has 0 radical (unpaired) electrons. The van der Waals surface area contributed by atoms with Crippen LogP contribution in [0.1, 0.15) is 20.8 Å². The van der Waals surface area contributed by atoms with Crippen molar-refractivity contribution in [1.82, 2.24) is 5.16 Å². The first-order chi connectivity index (χ1) is 9.41. The second-order valence-corrected chi connectivity index (χ2v) is 5.50. The van der Waals surface area contributed by atoms with Gasteiger partial charge in [0, 0.05) is 5.41 Å². The van der Waals surface area contributed by atoms with E-state index >= 15 is 0 Å². The van der Waals surface area contributed by atoms with Gasteiger partial charge in [0.15, 0.2) is 0 Å². The maximum Gasteiger partial charge on any atom is 0.239 e. The molecule has 5 nitrogen and oxygen atoms in total. The molecule has 2 rings (SSSR count). The number of carbonyl (C=O) groups is 1. The van der Waals surface area contributed by atoms with E-state index in [1.54, 1.807) is 13.3 Å². The molecule has 2 aromatic rings. The molecular weight excluding hydrogens is 256 g/mol. The minimum absolute atomic E-state index is 0.121. The molecule has 5 heteroatoms. The van der Waals surface area contributed by atoms with E-state index in [1.165, 1.54) is 0 Å². The van der Waals surface area contributed by atoms with Crippen molar-refractivity contribution in [2.45, 2.75) is 20.8 Å². The lowest BCUT2D eigenvalue weighted by molar-refractivity contribution is -0.123. The Kier molecular flexibility index (Phi) is 3.79. The van der Waals surface area contributed by atoms with Gasteiger partial charge in [0.1, 0.15) is 5.75 Å². The predicted octanol–water partition coefficient (Wildman–Crippen LogP) is 3.33. The monoisotopic (exact) mass is 274 g/mol. The zero-order valence-electron chi connectivity index (χ0n) is 12.1. The number of methoxy groups -OCH3 is 1. The van der Waals surface area contributed by atoms with Crippen molar-refractivity contribution in [3.63, 3.8) is 0 Å². The van der Waals surface area contributed by atoms with Crippen LogP contribution in [0.2, 0.25) is 0 Å². The summed E-state index contributed by atoms with van der Waals surface area (Å²) in [5.41, 5.74) is 1.14. The smallest absolute Gasteiger partial charge is 0.239 e. The number of nitrogens with one attached hydrogen (secondary N) is 1. The molecular formula is C15H18N2O3. The number of hydrogen-bond acceptors (Lipinski definition) is 4. The fraction of sp³-hybridized carbons (Fsp3) is 0.333. The second-order valence-electron chi connectivity index (χ2n) is 5.50. The van der Waals surface area contributed by atoms with E-state index in [0.717, 1.165) is 16.9 Å². The zero-order chi connectivity index (χ0) is 14.8. The standard InChI is InChI=1S/C15H18N2O3/c1-15(2,3)14(18)17-13-12(9-16-20-13)10-5-7-11(19-4)8-6-10/h5-9H,1-4H3,(H,17,18). The van der Waals surface area contributed by atoms with Gasteiger partial charge in [-0.25, -0.2) is 0 Å². The van der Waals surface area contributed by atoms with Gasteiger partial charge in [-0.15, -0.1) is 0 Å². The van der Waals surface area contributed by atoms with Crippen LogP contribution in [0.4, 0.5) is 5.88 Å². The molecule has 0 unspecified atom stereocenters. The summed E-state index contributed by atoms with van der Waals surface area (Å²) < 4.78 is 10.2. The molecule has 0 saturated carbocycles. The molecule has 1 aromatic carbocycles. The van der Waals surface area contributed by atoms with Crippen LogP contribution in [0.25, 0.3) is 11.1 Å². The van der Waals surface area contributed by atoms with E-state index in [4.69, 9.17) is 9.26 Å². The van der Waals surface area contributed by atoms with Crippen LogP contribution in [-0.2, 0) is 4.79 Å². The zero-order valence-corrected chi connectivity index (χ0v) is 12.1. The summed E-state index contributed by atoms with van der Waals surface area (Å²) in [6.07, 6.45) is 1.58. The van der Waals surface area contributed by atoms with E-state index in [-0.39, 0.29) is 5.91 Å². The lowest BCUT2D eigenvalue weighted by atomic mass is 9.95. The highest BCUT2D eigenvalue weighted by Crippen LogP contribution is 2.30. The predicted molar refractivity (Wildman–Crippen MR) is 76.6 cm³/mol. The highest BCUT2D eigenvalue weighted by Gasteiger charge is 2.24. The Labute approximate surface area is 117 Å². The second kappa shape index (κ2) is 5.36. The maximum absolute atomic E-state index is 12.0. The van der Waals surface area contributed by atoms with Crippen LogP contribution in [0.15, 0.2) is 35.0 Å². The summed E-state index contributed by atoms with van der Waals surface area (Å²) in [6, 6.07) is 7.46. The molecule has 0 spiro atoms. The van der Waals surface area contributed by atoms with E-state index in [9.17, 15) is 4.79 Å². The molecule has 20 heavy (non-hydrogen) atoms. The first-order valence-electron chi connectivity index (χ1n) is 6.32. The first-order valence-corrected chi connectivity index (χ1v) is 6.32. The van der Waals surface area contributed by atoms with Crippen LogP contribution in [0.3, 0.4) is 0 Å². The Morgan fingerprint density at radius 1 is 1.25 bits per heavy atom. The molecule has 0 bridgehead atoms. The van der Waals surface area contributed by atoms with Gasteiger partial charge >= 0.3 is 0 Å². The molecule has 0 aliphatic rings. The van der Waals surface area contributed by atoms with Crippen molar-refractivity contribution in [2.75, 3.05) is 12.4 Å². The number of amides is 1. The molecule has 0 atom stereocenters. The van der Waals surface area contributed by atoms with Gasteiger partial charge in [0.2, 0.25) is 11.8 Å². The van der Waals surface area contributed by atoms with Crippen molar-refractivity contribution in [3.8, 4) is 16.9 Å². The molecule has 1 heterocycles. The van der Waals surface area contributed by atoms with E-state index in [0.29, 0.717) is 5.88 Å². The minimum atomic E-state index is -0.496. The van der Waals surface area contributed by atoms with Gasteiger partial charge in [-0.05, 0) is 17.7 Å². The van der Waals surface area contributed by atoms with Crippen molar-refractivity contribution >= 4 is 11.8 Å². The third-order valence-electron chi connectivity index (χ3n) is 2.88. The van der Waals surface area contributed by atoms with Crippen LogP contribution < -0.4 is 10.1 Å². The Morgan fingerprint density at radius 3 is 2.45 bits per heavy atom. The van der Waals surface area contributed by atoms with Gasteiger partial charge in [0.25, 0.3) is 0 Å². The molecule has 106 valence electrons. The topological polar surface area (TPSA) is 64.4 Å². The number of anilines is 1. The Bertz CT molecular complexity index is 594. The maximum atomic E-state index is 12.0. The lowest BCUT2D eigenvalue weighted by Gasteiger charge is -2.16. The molecule has 1 amide bonds. The van der Waals surface area contributed by atoms with Gasteiger partial charge in [-0.3, -0.25) is 10.1 Å². The summed E-state index contributed by atoms with van der Waals surface area (Å²) in [5.74, 6) is 1.00. The average molecular weight is 274 g/mol. The molecule has 0 saturated heterocycles. The van der Waals surface area contributed by atoms with Crippen molar-refractivity contribution in [3.05, 3.63) is 30.5 Å². The highest BCUT2D eigenvalue weighted by molar-refractivity contribution is 5.96. The van der Waals surface area contributed by atoms with Gasteiger partial charge in [0.05, 0.1) is 18.9 Å². The fourth-order valence-corrected chi connectivity index (χ4v) is 1.60. The lowest BCUT2D eigenvalue weighted by Crippen LogP contribution is -2.27. The molecule has 1 N–H and O–H groups in total. The number of benzene rings is 1. The Morgan fingerprint density at radius 2 is 1.90 bits per heavy atom. The van der Waals surface area contributed by atoms with Crippen LogP contribution >= 0.6 is 0 Å². The number of rotatable bonds is 3. The van der Waals surface area contributed by atoms with E-state index < -0.39 is 5.41 Å². The summed E-state index contributed by atoms with van der Waals surface area (Å²) >= 11 is 0. The van der Waals surface area contributed by atoms with Crippen LogP contribution in [0, 0.1) is 5.41 Å². The molecule has 0 fully saturated rings. The summed E-state index contributed by atoms with van der Waals surface area (Å²) in [7, 11) is 1.61. The summed E-state index contributed by atoms with van der Waals surface area (Å²) in [6.45, 7) is 5.52. The molecule has 1 aromatic heterocycles. The van der Waals surface area contributed by atoms with E-state index in [1.807, 2.05) is 45.0 Å². The Balaban J connectivity index is 2.26. The number of carbonyl (C=O) groups excluding carboxylic acids is 1. The Hall–Kier alpha value is -2.30. The number of nitrogens with zero attached hydrogens (tertiary/aromatic N) is 1. The third kappa shape index (κ3) is 2.99. The number of aromatic nitrogens is 1. The molecule has 0 aliphatic carbocycles. The largest absolute Gasteiger partial charge is 0.497 e. The van der Waals surface area contributed by atoms with Crippen LogP contribution in [0.5, 0.6) is 5.75 Å². The van der Waals surface area contributed by atoms with Crippen LogP contribution in [-0.4, -0.2) is 18.2 Å². The number of ether oxygens (including phenoxy) is 1. The summed E-state index contributed by atoms with van der Waals surface area (Å²) in [5, 5.41) is 6.51. The van der Waals surface area contributed by atoms with Crippen molar-refractivity contribution < 1.29 is 14.1 Å². The average Bonchev–Trinajstić information content (AvgIpc) is 2.86.